The van der Waals surface area contributed by atoms with Gasteiger partial charge in [0.2, 0.25) is 0 Å². The van der Waals surface area contributed by atoms with Crippen molar-refractivity contribution in [3.8, 4) is 11.5 Å². The van der Waals surface area contributed by atoms with Gasteiger partial charge in [-0.1, -0.05) is 18.2 Å². The summed E-state index contributed by atoms with van der Waals surface area (Å²) in [5, 5.41) is 3.24. The van der Waals surface area contributed by atoms with Crippen LogP contribution in [-0.2, 0) is 0 Å². The van der Waals surface area contributed by atoms with Gasteiger partial charge >= 0.3 is 0 Å². The fourth-order valence-electron chi connectivity index (χ4n) is 1.94. The zero-order valence-electron chi connectivity index (χ0n) is 11.7. The van der Waals surface area contributed by atoms with Crippen LogP contribution in [0.5, 0.6) is 11.5 Å². The molecule has 18 heavy (non-hydrogen) atoms. The molecule has 0 aliphatic heterocycles. The van der Waals surface area contributed by atoms with Crippen LogP contribution in [0.4, 0.5) is 0 Å². The minimum Gasteiger partial charge on any atom is -0.490 e. The van der Waals surface area contributed by atoms with Crippen LogP contribution < -0.4 is 14.8 Å². The van der Waals surface area contributed by atoms with E-state index < -0.39 is 0 Å². The van der Waals surface area contributed by atoms with Gasteiger partial charge in [-0.3, -0.25) is 0 Å². The first-order valence-electron chi connectivity index (χ1n) is 6.36. The number of likely N-dealkylation sites (N-methyl/N-ethyl adjacent to an activating group) is 1. The van der Waals surface area contributed by atoms with Crippen molar-refractivity contribution in [3.05, 3.63) is 35.9 Å². The fourth-order valence-corrected chi connectivity index (χ4v) is 1.94. The van der Waals surface area contributed by atoms with Crippen molar-refractivity contribution in [2.75, 3.05) is 20.3 Å². The van der Waals surface area contributed by atoms with Crippen molar-refractivity contribution >= 4 is 0 Å². The molecule has 0 spiro atoms. The molecule has 1 N–H and O–H groups in total. The summed E-state index contributed by atoms with van der Waals surface area (Å²) >= 11 is 0. The van der Waals surface area contributed by atoms with Crippen molar-refractivity contribution in [2.45, 2.75) is 26.8 Å². The molecule has 0 heterocycles. The molecule has 1 unspecified atom stereocenters. The predicted molar refractivity (Wildman–Crippen MR) is 75.4 cm³/mol. The number of ether oxygens (including phenoxy) is 2. The Balaban J connectivity index is 3.08. The molecule has 3 heteroatoms. The van der Waals surface area contributed by atoms with Gasteiger partial charge in [-0.25, -0.2) is 0 Å². The molecule has 0 aromatic heterocycles. The lowest BCUT2D eigenvalue weighted by Gasteiger charge is -2.19. The van der Waals surface area contributed by atoms with Gasteiger partial charge in [-0.15, -0.1) is 0 Å². The van der Waals surface area contributed by atoms with Crippen LogP contribution in [0.25, 0.3) is 0 Å². The van der Waals surface area contributed by atoms with Crippen molar-refractivity contribution in [1.82, 2.24) is 5.32 Å². The van der Waals surface area contributed by atoms with Crippen LogP contribution in [0.2, 0.25) is 0 Å². The minimum absolute atomic E-state index is 0.139. The first-order chi connectivity index (χ1) is 8.63. The monoisotopic (exact) mass is 249 g/mol. The Morgan fingerprint density at radius 1 is 1.22 bits per heavy atom. The topological polar surface area (TPSA) is 30.5 Å². The number of benzene rings is 1. The molecule has 0 bridgehead atoms. The molecule has 0 saturated heterocycles. The van der Waals surface area contributed by atoms with Crippen LogP contribution in [0.3, 0.4) is 0 Å². The Hall–Kier alpha value is -1.48. The van der Waals surface area contributed by atoms with Crippen LogP contribution in [-0.4, -0.2) is 20.3 Å². The smallest absolute Gasteiger partial charge is 0.161 e. The van der Waals surface area contributed by atoms with Crippen molar-refractivity contribution in [2.24, 2.45) is 0 Å². The summed E-state index contributed by atoms with van der Waals surface area (Å²) < 4.78 is 11.2. The van der Waals surface area contributed by atoms with Crippen molar-refractivity contribution in [1.29, 1.82) is 0 Å². The van der Waals surface area contributed by atoms with E-state index in [0.717, 1.165) is 22.6 Å². The summed E-state index contributed by atoms with van der Waals surface area (Å²) in [4.78, 5) is 0. The van der Waals surface area contributed by atoms with Gasteiger partial charge < -0.3 is 14.8 Å². The summed E-state index contributed by atoms with van der Waals surface area (Å²) in [6.45, 7) is 11.2. The molecule has 1 rings (SSSR count). The van der Waals surface area contributed by atoms with E-state index in [1.54, 1.807) is 0 Å². The maximum Gasteiger partial charge on any atom is 0.161 e. The quantitative estimate of drug-likeness (QED) is 0.752. The second-order valence-corrected chi connectivity index (χ2v) is 4.14. The third kappa shape index (κ3) is 3.50. The van der Waals surface area contributed by atoms with E-state index in [1.165, 1.54) is 0 Å². The molecule has 3 nitrogen and oxygen atoms in total. The lowest BCUT2D eigenvalue weighted by Crippen LogP contribution is -2.17. The highest BCUT2D eigenvalue weighted by Crippen LogP contribution is 2.32. The van der Waals surface area contributed by atoms with Crippen molar-refractivity contribution < 1.29 is 9.47 Å². The molecular formula is C15H23NO2. The largest absolute Gasteiger partial charge is 0.490 e. The van der Waals surface area contributed by atoms with Gasteiger partial charge in [0.25, 0.3) is 0 Å². The highest BCUT2D eigenvalue weighted by molar-refractivity contribution is 5.45. The van der Waals surface area contributed by atoms with Gasteiger partial charge in [0.15, 0.2) is 11.5 Å². The van der Waals surface area contributed by atoms with Crippen LogP contribution in [0, 0.1) is 0 Å². The van der Waals surface area contributed by atoms with E-state index >= 15 is 0 Å². The third-order valence-electron chi connectivity index (χ3n) is 2.68. The van der Waals surface area contributed by atoms with Gasteiger partial charge in [-0.2, -0.15) is 0 Å². The fraction of sp³-hybridized carbons (Fsp3) is 0.467. The molecular weight excluding hydrogens is 226 g/mol. The number of hydrogen-bond acceptors (Lipinski definition) is 3. The zero-order valence-corrected chi connectivity index (χ0v) is 11.7. The maximum absolute atomic E-state index is 5.62. The summed E-state index contributed by atoms with van der Waals surface area (Å²) in [6, 6.07) is 6.16. The molecule has 100 valence electrons. The van der Waals surface area contributed by atoms with E-state index in [1.807, 2.05) is 46.0 Å². The number of hydrogen-bond donors (Lipinski definition) is 1. The lowest BCUT2D eigenvalue weighted by molar-refractivity contribution is 0.287. The highest BCUT2D eigenvalue weighted by atomic mass is 16.5. The first kappa shape index (κ1) is 14.6. The maximum atomic E-state index is 5.62. The molecule has 0 fully saturated rings. The van der Waals surface area contributed by atoms with Gasteiger partial charge in [0, 0.05) is 0 Å². The van der Waals surface area contributed by atoms with E-state index in [9.17, 15) is 0 Å². The Bertz CT molecular complexity index is 401. The first-order valence-corrected chi connectivity index (χ1v) is 6.36. The summed E-state index contributed by atoms with van der Waals surface area (Å²) in [5.41, 5.74) is 2.21. The Kier molecular flexibility index (Phi) is 5.72. The zero-order chi connectivity index (χ0) is 13.5. The molecule has 0 radical (unpaired) electrons. The van der Waals surface area contributed by atoms with E-state index in [-0.39, 0.29) is 6.04 Å². The summed E-state index contributed by atoms with van der Waals surface area (Å²) in [5.74, 6) is 1.58. The SMILES string of the molecule is C=C(C)C(NC)c1ccc(OCC)c(OCC)c1. The Morgan fingerprint density at radius 2 is 1.83 bits per heavy atom. The average molecular weight is 249 g/mol. The van der Waals surface area contributed by atoms with Gasteiger partial charge in [0.05, 0.1) is 19.3 Å². The molecule has 0 amide bonds. The molecule has 1 atom stereocenters. The normalized spacial score (nSPS) is 12.0. The van der Waals surface area contributed by atoms with Crippen LogP contribution >= 0.6 is 0 Å². The lowest BCUT2D eigenvalue weighted by atomic mass is 10.0. The minimum atomic E-state index is 0.139. The van der Waals surface area contributed by atoms with Crippen LogP contribution in [0.1, 0.15) is 32.4 Å². The second kappa shape index (κ2) is 7.07. The molecule has 0 aliphatic rings. The molecule has 1 aromatic rings. The Labute approximate surface area is 110 Å². The van der Waals surface area contributed by atoms with Gasteiger partial charge in [0.1, 0.15) is 0 Å². The molecule has 1 aromatic carbocycles. The molecule has 0 saturated carbocycles. The standard InChI is InChI=1S/C15H23NO2/c1-6-17-13-9-8-12(10-14(13)18-7-2)15(16-5)11(3)4/h8-10,15-16H,3,6-7H2,1-2,4-5H3. The molecule has 0 aliphatic carbocycles. The average Bonchev–Trinajstić information content (AvgIpc) is 2.33. The summed E-state index contributed by atoms with van der Waals surface area (Å²) in [6.07, 6.45) is 0. The van der Waals surface area contributed by atoms with E-state index in [4.69, 9.17) is 9.47 Å². The number of nitrogens with one attached hydrogen (secondary N) is 1. The van der Waals surface area contributed by atoms with Crippen molar-refractivity contribution in [3.63, 3.8) is 0 Å². The van der Waals surface area contributed by atoms with Crippen LogP contribution in [0.15, 0.2) is 30.4 Å². The summed E-state index contributed by atoms with van der Waals surface area (Å²) in [7, 11) is 1.93. The third-order valence-corrected chi connectivity index (χ3v) is 2.68. The highest BCUT2D eigenvalue weighted by Gasteiger charge is 2.13. The van der Waals surface area contributed by atoms with Gasteiger partial charge in [-0.05, 0) is 45.5 Å². The predicted octanol–water partition coefficient (Wildman–Crippen LogP) is 3.32. The second-order valence-electron chi connectivity index (χ2n) is 4.14. The van der Waals surface area contributed by atoms with E-state index in [2.05, 4.69) is 11.9 Å². The van der Waals surface area contributed by atoms with E-state index in [0.29, 0.717) is 13.2 Å². The Morgan fingerprint density at radius 3 is 2.33 bits per heavy atom. The number of rotatable bonds is 7.